The van der Waals surface area contributed by atoms with E-state index in [1.165, 1.54) is 24.2 Å². The van der Waals surface area contributed by atoms with E-state index in [1.54, 1.807) is 12.1 Å². The maximum absolute atomic E-state index is 12.9. The van der Waals surface area contributed by atoms with Crippen LogP contribution in [0.1, 0.15) is 38.3 Å². The molecule has 18 heavy (non-hydrogen) atoms. The Hall–Kier alpha value is -0.540. The maximum atomic E-state index is 12.9. The minimum Gasteiger partial charge on any atom is -0.310 e. The lowest BCUT2D eigenvalue weighted by Gasteiger charge is -2.23. The fraction of sp³-hybridized carbons (Fsp3) is 0.600. The monoisotopic (exact) mass is 269 g/mol. The highest BCUT2D eigenvalue weighted by Gasteiger charge is 2.14. The molecular formula is C15H24FNS. The summed E-state index contributed by atoms with van der Waals surface area (Å²) in [6.07, 6.45) is 4.59. The molecule has 102 valence electrons. The quantitative estimate of drug-likeness (QED) is 0.708. The van der Waals surface area contributed by atoms with E-state index in [0.717, 1.165) is 6.54 Å². The maximum Gasteiger partial charge on any atom is 0.123 e. The zero-order valence-electron chi connectivity index (χ0n) is 11.6. The van der Waals surface area contributed by atoms with Gasteiger partial charge in [0.2, 0.25) is 0 Å². The van der Waals surface area contributed by atoms with E-state index in [-0.39, 0.29) is 5.82 Å². The van der Waals surface area contributed by atoms with Crippen molar-refractivity contribution in [3.05, 3.63) is 35.6 Å². The molecule has 1 unspecified atom stereocenters. The third-order valence-electron chi connectivity index (χ3n) is 3.04. The number of rotatable bonds is 8. The molecule has 0 aliphatic rings. The standard InChI is InChI=1S/C15H24FNS/c1-12(2)15(17-10-4-5-11-18-3)13-6-8-14(16)9-7-13/h6-9,12,15,17H,4-5,10-11H2,1-3H3. The topological polar surface area (TPSA) is 12.0 Å². The lowest BCUT2D eigenvalue weighted by Crippen LogP contribution is -2.26. The van der Waals surface area contributed by atoms with Gasteiger partial charge >= 0.3 is 0 Å². The third-order valence-corrected chi connectivity index (χ3v) is 3.73. The van der Waals surface area contributed by atoms with Crippen molar-refractivity contribution >= 4 is 11.8 Å². The zero-order chi connectivity index (χ0) is 13.4. The van der Waals surface area contributed by atoms with Gasteiger partial charge in [0, 0.05) is 6.04 Å². The summed E-state index contributed by atoms with van der Waals surface area (Å²) in [6, 6.07) is 7.17. The van der Waals surface area contributed by atoms with Crippen LogP contribution in [0.3, 0.4) is 0 Å². The smallest absolute Gasteiger partial charge is 0.123 e. The Labute approximate surface area is 115 Å². The Morgan fingerprint density at radius 2 is 1.83 bits per heavy atom. The molecule has 1 aromatic carbocycles. The zero-order valence-corrected chi connectivity index (χ0v) is 12.4. The van der Waals surface area contributed by atoms with Gasteiger partial charge in [0.05, 0.1) is 0 Å². The van der Waals surface area contributed by atoms with Gasteiger partial charge < -0.3 is 5.32 Å². The predicted octanol–water partition coefficient (Wildman–Crippen LogP) is 4.26. The number of benzene rings is 1. The molecule has 0 amide bonds. The number of unbranched alkanes of at least 4 members (excludes halogenated alkanes) is 1. The van der Waals surface area contributed by atoms with Crippen LogP contribution >= 0.6 is 11.8 Å². The van der Waals surface area contributed by atoms with Crippen molar-refractivity contribution in [3.63, 3.8) is 0 Å². The molecule has 0 fully saturated rings. The minimum absolute atomic E-state index is 0.166. The summed E-state index contributed by atoms with van der Waals surface area (Å²) in [6.45, 7) is 5.42. The first-order valence-electron chi connectivity index (χ1n) is 6.63. The van der Waals surface area contributed by atoms with Crippen LogP contribution < -0.4 is 5.32 Å². The molecule has 1 aromatic rings. The first kappa shape index (κ1) is 15.5. The molecule has 0 radical (unpaired) electrons. The van der Waals surface area contributed by atoms with Gasteiger partial charge in [-0.05, 0) is 55.0 Å². The van der Waals surface area contributed by atoms with Crippen LogP contribution in [-0.4, -0.2) is 18.6 Å². The Balaban J connectivity index is 2.47. The molecule has 0 bridgehead atoms. The second-order valence-corrected chi connectivity index (χ2v) is 5.91. The Bertz CT molecular complexity index is 324. The summed E-state index contributed by atoms with van der Waals surface area (Å²) in [5.74, 6) is 1.57. The van der Waals surface area contributed by atoms with Gasteiger partial charge in [-0.1, -0.05) is 26.0 Å². The SMILES string of the molecule is CSCCCCNC(c1ccc(F)cc1)C(C)C. The molecule has 0 spiro atoms. The lowest BCUT2D eigenvalue weighted by molar-refractivity contribution is 0.408. The Morgan fingerprint density at radius 1 is 1.17 bits per heavy atom. The van der Waals surface area contributed by atoms with E-state index < -0.39 is 0 Å². The third kappa shape index (κ3) is 5.40. The molecule has 1 rings (SSSR count). The van der Waals surface area contributed by atoms with E-state index >= 15 is 0 Å². The van der Waals surface area contributed by atoms with Crippen LogP contribution in [0.25, 0.3) is 0 Å². The average Bonchev–Trinajstić information content (AvgIpc) is 2.35. The van der Waals surface area contributed by atoms with Crippen molar-refractivity contribution in [3.8, 4) is 0 Å². The normalized spacial score (nSPS) is 12.9. The minimum atomic E-state index is -0.166. The molecule has 0 aromatic heterocycles. The number of nitrogens with one attached hydrogen (secondary N) is 1. The van der Waals surface area contributed by atoms with E-state index in [2.05, 4.69) is 25.4 Å². The molecule has 1 N–H and O–H groups in total. The highest BCUT2D eigenvalue weighted by molar-refractivity contribution is 7.98. The fourth-order valence-electron chi connectivity index (χ4n) is 2.04. The highest BCUT2D eigenvalue weighted by Crippen LogP contribution is 2.21. The Morgan fingerprint density at radius 3 is 2.39 bits per heavy atom. The van der Waals surface area contributed by atoms with Crippen LogP contribution in [0.15, 0.2) is 24.3 Å². The average molecular weight is 269 g/mol. The summed E-state index contributed by atoms with van der Waals surface area (Å²) >= 11 is 1.90. The summed E-state index contributed by atoms with van der Waals surface area (Å²) in [5.41, 5.74) is 1.18. The Kier molecular flexibility index (Phi) is 7.36. The summed E-state index contributed by atoms with van der Waals surface area (Å²) in [4.78, 5) is 0. The largest absolute Gasteiger partial charge is 0.310 e. The molecule has 3 heteroatoms. The van der Waals surface area contributed by atoms with Gasteiger partial charge in [0.1, 0.15) is 5.82 Å². The number of hydrogen-bond donors (Lipinski definition) is 1. The van der Waals surface area contributed by atoms with E-state index in [0.29, 0.717) is 12.0 Å². The first-order chi connectivity index (χ1) is 8.65. The van der Waals surface area contributed by atoms with E-state index in [1.807, 2.05) is 23.9 Å². The summed E-state index contributed by atoms with van der Waals surface area (Å²) in [5, 5.41) is 3.58. The van der Waals surface area contributed by atoms with Crippen molar-refractivity contribution in [2.75, 3.05) is 18.6 Å². The van der Waals surface area contributed by atoms with Crippen molar-refractivity contribution in [2.24, 2.45) is 5.92 Å². The van der Waals surface area contributed by atoms with Gasteiger partial charge in [0.15, 0.2) is 0 Å². The fourth-order valence-corrected chi connectivity index (χ4v) is 2.53. The number of halogens is 1. The molecule has 1 atom stereocenters. The van der Waals surface area contributed by atoms with Crippen molar-refractivity contribution in [1.82, 2.24) is 5.32 Å². The molecular weight excluding hydrogens is 245 g/mol. The van der Waals surface area contributed by atoms with Gasteiger partial charge in [-0.15, -0.1) is 0 Å². The molecule has 0 aliphatic heterocycles. The van der Waals surface area contributed by atoms with Crippen LogP contribution in [-0.2, 0) is 0 Å². The summed E-state index contributed by atoms with van der Waals surface area (Å²) in [7, 11) is 0. The van der Waals surface area contributed by atoms with Gasteiger partial charge in [-0.2, -0.15) is 11.8 Å². The number of thioether (sulfide) groups is 1. The van der Waals surface area contributed by atoms with Gasteiger partial charge in [-0.3, -0.25) is 0 Å². The highest BCUT2D eigenvalue weighted by atomic mass is 32.2. The van der Waals surface area contributed by atoms with E-state index in [4.69, 9.17) is 0 Å². The van der Waals surface area contributed by atoms with Crippen molar-refractivity contribution < 1.29 is 4.39 Å². The van der Waals surface area contributed by atoms with Crippen LogP contribution in [0.4, 0.5) is 4.39 Å². The van der Waals surface area contributed by atoms with Gasteiger partial charge in [0.25, 0.3) is 0 Å². The van der Waals surface area contributed by atoms with Crippen molar-refractivity contribution in [1.29, 1.82) is 0 Å². The molecule has 1 nitrogen and oxygen atoms in total. The summed E-state index contributed by atoms with van der Waals surface area (Å²) < 4.78 is 12.9. The number of hydrogen-bond acceptors (Lipinski definition) is 2. The molecule has 0 saturated carbocycles. The first-order valence-corrected chi connectivity index (χ1v) is 8.02. The van der Waals surface area contributed by atoms with Crippen LogP contribution in [0.2, 0.25) is 0 Å². The molecule has 0 saturated heterocycles. The molecule has 0 heterocycles. The second kappa shape index (κ2) is 8.54. The van der Waals surface area contributed by atoms with E-state index in [9.17, 15) is 4.39 Å². The second-order valence-electron chi connectivity index (χ2n) is 4.93. The van der Waals surface area contributed by atoms with Crippen molar-refractivity contribution in [2.45, 2.75) is 32.7 Å². The van der Waals surface area contributed by atoms with Crippen LogP contribution in [0, 0.1) is 11.7 Å². The molecule has 0 aliphatic carbocycles. The van der Waals surface area contributed by atoms with Crippen LogP contribution in [0.5, 0.6) is 0 Å². The van der Waals surface area contributed by atoms with Gasteiger partial charge in [-0.25, -0.2) is 4.39 Å². The predicted molar refractivity (Wildman–Crippen MR) is 79.6 cm³/mol. The lowest BCUT2D eigenvalue weighted by atomic mass is 9.96.